The summed E-state index contributed by atoms with van der Waals surface area (Å²) in [4.78, 5) is 10.7. The number of carboxylic acids is 1. The van der Waals surface area contributed by atoms with E-state index in [1.54, 1.807) is 0 Å². The van der Waals surface area contributed by atoms with Gasteiger partial charge in [0, 0.05) is 5.92 Å². The lowest BCUT2D eigenvalue weighted by Gasteiger charge is -2.41. The van der Waals surface area contributed by atoms with Gasteiger partial charge in [0.25, 0.3) is 0 Å². The molecule has 0 radical (unpaired) electrons. The molecule has 0 aromatic heterocycles. The maximum atomic E-state index is 13.7. The molecule has 3 nitrogen and oxygen atoms in total. The highest BCUT2D eigenvalue weighted by molar-refractivity contribution is 5.77. The summed E-state index contributed by atoms with van der Waals surface area (Å²) in [6.07, 6.45) is 5.15. The molecule has 5 heteroatoms. The Kier molecular flexibility index (Phi) is 2.01. The van der Waals surface area contributed by atoms with Crippen molar-refractivity contribution < 1.29 is 23.8 Å². The van der Waals surface area contributed by atoms with Gasteiger partial charge in [-0.2, -0.15) is 8.78 Å². The molecular weight excluding hydrogens is 230 g/mol. The molecule has 3 aliphatic carbocycles. The Balaban J connectivity index is 1.97. The minimum atomic E-state index is -4.05. The Hall–Kier alpha value is -0.970. The third kappa shape index (κ3) is 1.15. The molecule has 2 bridgehead atoms. The van der Waals surface area contributed by atoms with Crippen LogP contribution in [0.3, 0.4) is 0 Å². The van der Waals surface area contributed by atoms with Crippen LogP contribution in [0.4, 0.5) is 8.78 Å². The maximum absolute atomic E-state index is 13.7. The molecule has 2 fully saturated rings. The van der Waals surface area contributed by atoms with Crippen LogP contribution in [0.25, 0.3) is 0 Å². The Morgan fingerprint density at radius 2 is 2.18 bits per heavy atom. The lowest BCUT2D eigenvalue weighted by molar-refractivity contribution is -0.226. The van der Waals surface area contributed by atoms with Crippen molar-refractivity contribution in [3.8, 4) is 0 Å². The predicted octanol–water partition coefficient (Wildman–Crippen LogP) is 1.67. The summed E-state index contributed by atoms with van der Waals surface area (Å²) in [5.74, 6) is -6.56. The molecule has 0 aromatic rings. The van der Waals surface area contributed by atoms with E-state index in [-0.39, 0.29) is 18.3 Å². The van der Waals surface area contributed by atoms with Crippen LogP contribution in [0.1, 0.15) is 19.3 Å². The Bertz CT molecular complexity index is 407. The minimum Gasteiger partial charge on any atom is -0.477 e. The van der Waals surface area contributed by atoms with Gasteiger partial charge in [0.1, 0.15) is 5.60 Å². The van der Waals surface area contributed by atoms with E-state index in [9.17, 15) is 18.7 Å². The van der Waals surface area contributed by atoms with Crippen LogP contribution >= 0.6 is 0 Å². The fourth-order valence-electron chi connectivity index (χ4n) is 4.14. The molecule has 94 valence electrons. The topological polar surface area (TPSA) is 57.5 Å². The average Bonchev–Trinajstić information content (AvgIpc) is 2.86. The van der Waals surface area contributed by atoms with Crippen molar-refractivity contribution in [2.24, 2.45) is 23.7 Å². The van der Waals surface area contributed by atoms with E-state index in [2.05, 4.69) is 0 Å². The second kappa shape index (κ2) is 3.07. The number of aliphatic carboxylic acids is 1. The molecule has 3 aliphatic rings. The maximum Gasteiger partial charge on any atom is 0.377 e. The number of alkyl halides is 2. The third-order valence-corrected chi connectivity index (χ3v) is 4.89. The third-order valence-electron chi connectivity index (χ3n) is 4.89. The molecule has 0 aliphatic heterocycles. The molecule has 2 saturated carbocycles. The average molecular weight is 244 g/mol. The Morgan fingerprint density at radius 1 is 1.47 bits per heavy atom. The summed E-state index contributed by atoms with van der Waals surface area (Å²) < 4.78 is 27.4. The molecule has 17 heavy (non-hydrogen) atoms. The van der Waals surface area contributed by atoms with Crippen molar-refractivity contribution in [3.63, 3.8) is 0 Å². The summed E-state index contributed by atoms with van der Waals surface area (Å²) in [6, 6.07) is 0. The smallest absolute Gasteiger partial charge is 0.377 e. The fraction of sp³-hybridized carbons (Fsp3) is 0.750. The zero-order valence-corrected chi connectivity index (χ0v) is 9.14. The van der Waals surface area contributed by atoms with Gasteiger partial charge in [-0.3, -0.25) is 0 Å². The molecule has 0 amide bonds. The lowest BCUT2D eigenvalue weighted by Crippen LogP contribution is -2.58. The summed E-state index contributed by atoms with van der Waals surface area (Å²) in [6.45, 7) is 0. The predicted molar refractivity (Wildman–Crippen MR) is 54.5 cm³/mol. The van der Waals surface area contributed by atoms with Gasteiger partial charge in [0.2, 0.25) is 0 Å². The van der Waals surface area contributed by atoms with Gasteiger partial charge < -0.3 is 10.2 Å². The van der Waals surface area contributed by atoms with Gasteiger partial charge in [-0.1, -0.05) is 12.2 Å². The second-order valence-corrected chi connectivity index (χ2v) is 5.52. The van der Waals surface area contributed by atoms with E-state index < -0.39 is 23.4 Å². The monoisotopic (exact) mass is 244 g/mol. The van der Waals surface area contributed by atoms with Gasteiger partial charge in [-0.25, -0.2) is 4.79 Å². The molecule has 0 saturated heterocycles. The van der Waals surface area contributed by atoms with Crippen LogP contribution in [0, 0.1) is 23.7 Å². The van der Waals surface area contributed by atoms with E-state index >= 15 is 0 Å². The molecule has 5 atom stereocenters. The number of carbonyl (C=O) groups is 1. The summed E-state index contributed by atoms with van der Waals surface area (Å²) >= 11 is 0. The zero-order chi connectivity index (χ0) is 12.4. The lowest BCUT2D eigenvalue weighted by atomic mass is 9.70. The zero-order valence-electron chi connectivity index (χ0n) is 9.14. The number of carboxylic acid groups (broad SMARTS) is 1. The van der Waals surface area contributed by atoms with E-state index in [4.69, 9.17) is 5.11 Å². The summed E-state index contributed by atoms with van der Waals surface area (Å²) in [7, 11) is 0. The first-order valence-electron chi connectivity index (χ1n) is 5.88. The SMILES string of the molecule is O=C(O)C(F)(F)C1(O)CC2CC1C1C=CCC21. The highest BCUT2D eigenvalue weighted by atomic mass is 19.3. The first-order valence-corrected chi connectivity index (χ1v) is 5.88. The fourth-order valence-corrected chi connectivity index (χ4v) is 4.14. The van der Waals surface area contributed by atoms with Crippen LogP contribution in [-0.4, -0.2) is 27.7 Å². The highest BCUT2D eigenvalue weighted by Gasteiger charge is 2.71. The van der Waals surface area contributed by atoms with Crippen molar-refractivity contribution in [1.82, 2.24) is 0 Å². The number of halogens is 2. The molecule has 5 unspecified atom stereocenters. The van der Waals surface area contributed by atoms with Crippen molar-refractivity contribution in [2.45, 2.75) is 30.8 Å². The molecule has 3 rings (SSSR count). The second-order valence-electron chi connectivity index (χ2n) is 5.52. The van der Waals surface area contributed by atoms with E-state index in [1.165, 1.54) is 0 Å². The van der Waals surface area contributed by atoms with E-state index in [1.807, 2.05) is 12.2 Å². The molecule has 2 N–H and O–H groups in total. The Morgan fingerprint density at radius 3 is 2.82 bits per heavy atom. The van der Waals surface area contributed by atoms with Crippen molar-refractivity contribution in [1.29, 1.82) is 0 Å². The first kappa shape index (κ1) is 11.1. The number of aliphatic hydroxyl groups is 1. The van der Waals surface area contributed by atoms with Crippen LogP contribution in [0.5, 0.6) is 0 Å². The van der Waals surface area contributed by atoms with Gasteiger partial charge in [-0.05, 0) is 37.0 Å². The summed E-state index contributed by atoms with van der Waals surface area (Å²) in [5, 5.41) is 18.8. The highest BCUT2D eigenvalue weighted by Crippen LogP contribution is 2.63. The van der Waals surface area contributed by atoms with Crippen LogP contribution < -0.4 is 0 Å². The minimum absolute atomic E-state index is 0.0372. The standard InChI is InChI=1S/C12H14F2O3/c13-12(14,10(15)16)11(17)5-6-4-9(11)8-3-1-2-7(6)8/h1,3,6-9,17H,2,4-5H2,(H,15,16). The van der Waals surface area contributed by atoms with Gasteiger partial charge in [0.05, 0.1) is 0 Å². The van der Waals surface area contributed by atoms with Gasteiger partial charge >= 0.3 is 11.9 Å². The van der Waals surface area contributed by atoms with E-state index in [0.29, 0.717) is 12.3 Å². The van der Waals surface area contributed by atoms with Crippen LogP contribution in [0.15, 0.2) is 12.2 Å². The Labute approximate surface area is 97.1 Å². The van der Waals surface area contributed by atoms with Crippen molar-refractivity contribution in [3.05, 3.63) is 12.2 Å². The molecule has 0 heterocycles. The van der Waals surface area contributed by atoms with Crippen LogP contribution in [0.2, 0.25) is 0 Å². The van der Waals surface area contributed by atoms with E-state index in [0.717, 1.165) is 6.42 Å². The van der Waals surface area contributed by atoms with Crippen LogP contribution in [-0.2, 0) is 4.79 Å². The number of hydrogen-bond acceptors (Lipinski definition) is 2. The largest absolute Gasteiger partial charge is 0.477 e. The van der Waals surface area contributed by atoms with Gasteiger partial charge in [0.15, 0.2) is 0 Å². The van der Waals surface area contributed by atoms with Crippen molar-refractivity contribution >= 4 is 5.97 Å². The molecular formula is C12H14F2O3. The number of rotatable bonds is 2. The molecule has 0 spiro atoms. The quantitative estimate of drug-likeness (QED) is 0.726. The normalized spacial score (nSPS) is 47.5. The number of allylic oxidation sites excluding steroid dienone is 2. The number of hydrogen-bond donors (Lipinski definition) is 2. The molecule has 0 aromatic carbocycles. The van der Waals surface area contributed by atoms with Crippen molar-refractivity contribution in [2.75, 3.05) is 0 Å². The number of fused-ring (bicyclic) bond motifs is 5. The summed E-state index contributed by atoms with van der Waals surface area (Å²) in [5.41, 5.74) is -2.36. The first-order chi connectivity index (χ1) is 7.88. The van der Waals surface area contributed by atoms with Gasteiger partial charge in [-0.15, -0.1) is 0 Å².